The molecule has 0 aliphatic rings. The minimum Gasteiger partial charge on any atom is -0.480 e. The molecule has 1 atom stereocenters. The molecule has 1 aromatic carbocycles. The average Bonchev–Trinajstić information content (AvgIpc) is 2.97. The summed E-state index contributed by atoms with van der Waals surface area (Å²) in [4.78, 5) is 26.9. The summed E-state index contributed by atoms with van der Waals surface area (Å²) >= 11 is 0. The number of benzene rings is 1. The van der Waals surface area contributed by atoms with Crippen LogP contribution in [-0.2, 0) is 16.0 Å². The van der Waals surface area contributed by atoms with Crippen LogP contribution in [0.2, 0.25) is 0 Å². The van der Waals surface area contributed by atoms with Gasteiger partial charge >= 0.3 is 5.97 Å². The predicted molar refractivity (Wildman–Crippen MR) is 104 cm³/mol. The van der Waals surface area contributed by atoms with Gasteiger partial charge in [0.05, 0.1) is 0 Å². The number of allylic oxidation sites excluding steroid dienone is 3. The third kappa shape index (κ3) is 5.62. The van der Waals surface area contributed by atoms with Crippen molar-refractivity contribution in [2.45, 2.75) is 46.1 Å². The number of nitrogens with one attached hydrogen (secondary N) is 2. The van der Waals surface area contributed by atoms with Gasteiger partial charge in [0.2, 0.25) is 5.91 Å². The standard InChI is InChI=1S/C21H26N2O3/c1-14(2)7-6-8-15(3)11-20(24)23-19(21(25)26)12-16-13-22-18-10-5-4-9-17(16)18/h4-5,7,9-11,13,19,22H,6,8,12H2,1-3H3,(H,23,24)(H,25,26)/t19-/m0/s1. The molecule has 2 aromatic rings. The zero-order valence-electron chi connectivity index (χ0n) is 15.5. The van der Waals surface area contributed by atoms with E-state index in [1.54, 1.807) is 6.20 Å². The number of carboxylic acid groups (broad SMARTS) is 1. The molecule has 5 heteroatoms. The highest BCUT2D eigenvalue weighted by atomic mass is 16.4. The van der Waals surface area contributed by atoms with Gasteiger partial charge in [-0.3, -0.25) is 4.79 Å². The lowest BCUT2D eigenvalue weighted by atomic mass is 10.0. The Balaban J connectivity index is 2.02. The van der Waals surface area contributed by atoms with Crippen molar-refractivity contribution >= 4 is 22.8 Å². The molecule has 1 aromatic heterocycles. The Bertz CT molecular complexity index is 842. The van der Waals surface area contributed by atoms with E-state index >= 15 is 0 Å². The first-order chi connectivity index (χ1) is 12.4. The fraction of sp³-hybridized carbons (Fsp3) is 0.333. The normalized spacial score (nSPS) is 12.7. The Morgan fingerprint density at radius 3 is 2.65 bits per heavy atom. The second-order valence-corrected chi connectivity index (χ2v) is 6.77. The molecule has 0 bridgehead atoms. The maximum Gasteiger partial charge on any atom is 0.326 e. The first kappa shape index (κ1) is 19.5. The Kier molecular flexibility index (Phi) is 6.78. The van der Waals surface area contributed by atoms with Crippen LogP contribution in [0.3, 0.4) is 0 Å². The van der Waals surface area contributed by atoms with Crippen LogP contribution < -0.4 is 5.32 Å². The highest BCUT2D eigenvalue weighted by Gasteiger charge is 2.21. The highest BCUT2D eigenvalue weighted by Crippen LogP contribution is 2.19. The number of fused-ring (bicyclic) bond motifs is 1. The van der Waals surface area contributed by atoms with Gasteiger partial charge in [0.1, 0.15) is 6.04 Å². The molecule has 1 heterocycles. The van der Waals surface area contributed by atoms with Crippen molar-refractivity contribution in [1.82, 2.24) is 10.3 Å². The molecule has 1 amide bonds. The van der Waals surface area contributed by atoms with Crippen molar-refractivity contribution in [3.63, 3.8) is 0 Å². The molecule has 2 rings (SSSR count). The molecule has 0 unspecified atom stereocenters. The number of carboxylic acids is 1. The molecular weight excluding hydrogens is 328 g/mol. The Hall–Kier alpha value is -2.82. The number of aromatic nitrogens is 1. The summed E-state index contributed by atoms with van der Waals surface area (Å²) < 4.78 is 0. The third-order valence-corrected chi connectivity index (χ3v) is 4.18. The van der Waals surface area contributed by atoms with Crippen LogP contribution in [0.5, 0.6) is 0 Å². The van der Waals surface area contributed by atoms with Crippen LogP contribution in [0.1, 0.15) is 39.2 Å². The lowest BCUT2D eigenvalue weighted by Gasteiger charge is -2.13. The zero-order chi connectivity index (χ0) is 19.1. The molecular formula is C21H26N2O3. The van der Waals surface area contributed by atoms with Crippen LogP contribution in [0.25, 0.3) is 10.9 Å². The maximum atomic E-state index is 12.2. The van der Waals surface area contributed by atoms with Crippen molar-refractivity contribution in [2.75, 3.05) is 0 Å². The molecule has 26 heavy (non-hydrogen) atoms. The summed E-state index contributed by atoms with van der Waals surface area (Å²) in [6.07, 6.45) is 7.29. The summed E-state index contributed by atoms with van der Waals surface area (Å²) in [5.74, 6) is -1.41. The predicted octanol–water partition coefficient (Wildman–Crippen LogP) is 3.97. The SMILES string of the molecule is CC(C)=CCCC(C)=CC(=O)N[C@@H](Cc1c[nH]c2ccccc12)C(=O)O. The van der Waals surface area contributed by atoms with Gasteiger partial charge in [0, 0.05) is 29.6 Å². The van der Waals surface area contributed by atoms with E-state index in [2.05, 4.69) is 16.4 Å². The van der Waals surface area contributed by atoms with E-state index in [0.717, 1.165) is 34.9 Å². The number of rotatable bonds is 8. The summed E-state index contributed by atoms with van der Waals surface area (Å²) in [6.45, 7) is 5.95. The number of amides is 1. The number of carbonyl (C=O) groups is 2. The van der Waals surface area contributed by atoms with Gasteiger partial charge in [-0.1, -0.05) is 35.4 Å². The summed E-state index contributed by atoms with van der Waals surface area (Å²) in [5.41, 5.74) is 3.99. The number of hydrogen-bond acceptors (Lipinski definition) is 2. The van der Waals surface area contributed by atoms with Crippen LogP contribution in [0, 0.1) is 0 Å². The van der Waals surface area contributed by atoms with Gasteiger partial charge in [0.25, 0.3) is 0 Å². The first-order valence-electron chi connectivity index (χ1n) is 8.75. The molecule has 3 N–H and O–H groups in total. The van der Waals surface area contributed by atoms with Crippen molar-refractivity contribution in [3.8, 4) is 0 Å². The van der Waals surface area contributed by atoms with E-state index in [1.807, 2.05) is 45.0 Å². The monoisotopic (exact) mass is 354 g/mol. The quantitative estimate of drug-likeness (QED) is 0.495. The van der Waals surface area contributed by atoms with Crippen LogP contribution in [-0.4, -0.2) is 28.0 Å². The maximum absolute atomic E-state index is 12.2. The van der Waals surface area contributed by atoms with Gasteiger partial charge in [-0.25, -0.2) is 4.79 Å². The number of aromatic amines is 1. The summed E-state index contributed by atoms with van der Waals surface area (Å²) in [5, 5.41) is 13.1. The average molecular weight is 354 g/mol. The minimum atomic E-state index is -1.04. The van der Waals surface area contributed by atoms with Gasteiger partial charge < -0.3 is 15.4 Å². The lowest BCUT2D eigenvalue weighted by molar-refractivity contribution is -0.141. The minimum absolute atomic E-state index is 0.232. The molecule has 0 fully saturated rings. The Labute approximate surface area is 153 Å². The topological polar surface area (TPSA) is 82.2 Å². The van der Waals surface area contributed by atoms with E-state index in [4.69, 9.17) is 0 Å². The molecule has 0 spiro atoms. The van der Waals surface area contributed by atoms with Gasteiger partial charge in [0.15, 0.2) is 0 Å². The van der Waals surface area contributed by atoms with E-state index in [9.17, 15) is 14.7 Å². The number of carbonyl (C=O) groups excluding carboxylic acids is 1. The van der Waals surface area contributed by atoms with E-state index in [1.165, 1.54) is 11.6 Å². The van der Waals surface area contributed by atoms with Crippen molar-refractivity contribution in [2.24, 2.45) is 0 Å². The fourth-order valence-corrected chi connectivity index (χ4v) is 2.82. The molecule has 138 valence electrons. The molecule has 5 nitrogen and oxygen atoms in total. The third-order valence-electron chi connectivity index (χ3n) is 4.18. The number of H-pyrrole nitrogens is 1. The van der Waals surface area contributed by atoms with Crippen molar-refractivity contribution < 1.29 is 14.7 Å². The summed E-state index contributed by atoms with van der Waals surface area (Å²) in [7, 11) is 0. The van der Waals surface area contributed by atoms with Gasteiger partial charge in [-0.05, 0) is 45.2 Å². The van der Waals surface area contributed by atoms with Crippen LogP contribution in [0.15, 0.2) is 53.8 Å². The van der Waals surface area contributed by atoms with Crippen LogP contribution >= 0.6 is 0 Å². The number of aliphatic carboxylic acids is 1. The molecule has 0 saturated carbocycles. The van der Waals surface area contributed by atoms with E-state index < -0.39 is 12.0 Å². The second-order valence-electron chi connectivity index (χ2n) is 6.77. The van der Waals surface area contributed by atoms with Crippen molar-refractivity contribution in [3.05, 3.63) is 59.3 Å². The lowest BCUT2D eigenvalue weighted by Crippen LogP contribution is -2.41. The molecule has 0 saturated heterocycles. The van der Waals surface area contributed by atoms with Crippen LogP contribution in [0.4, 0.5) is 0 Å². The van der Waals surface area contributed by atoms with Crippen molar-refractivity contribution in [1.29, 1.82) is 0 Å². The smallest absolute Gasteiger partial charge is 0.326 e. The summed E-state index contributed by atoms with van der Waals surface area (Å²) in [6, 6.07) is 6.73. The highest BCUT2D eigenvalue weighted by molar-refractivity contribution is 5.92. The second kappa shape index (κ2) is 9.04. The Morgan fingerprint density at radius 1 is 1.23 bits per heavy atom. The molecule has 0 aliphatic carbocycles. The number of para-hydroxylation sites is 1. The molecule has 0 radical (unpaired) electrons. The van der Waals surface area contributed by atoms with E-state index in [-0.39, 0.29) is 12.3 Å². The number of hydrogen-bond donors (Lipinski definition) is 3. The van der Waals surface area contributed by atoms with Gasteiger partial charge in [-0.15, -0.1) is 0 Å². The first-order valence-corrected chi connectivity index (χ1v) is 8.75. The van der Waals surface area contributed by atoms with Gasteiger partial charge in [-0.2, -0.15) is 0 Å². The fourth-order valence-electron chi connectivity index (χ4n) is 2.82. The Morgan fingerprint density at radius 2 is 1.96 bits per heavy atom. The molecule has 0 aliphatic heterocycles. The zero-order valence-corrected chi connectivity index (χ0v) is 15.5. The largest absolute Gasteiger partial charge is 0.480 e. The van der Waals surface area contributed by atoms with E-state index in [0.29, 0.717) is 0 Å².